The summed E-state index contributed by atoms with van der Waals surface area (Å²) in [5, 5.41) is 12.6. The van der Waals surface area contributed by atoms with Crippen molar-refractivity contribution in [3.8, 4) is 17.0 Å². The zero-order valence-corrected chi connectivity index (χ0v) is 14.1. The fraction of sp³-hybridized carbons (Fsp3) is 0.182. The Morgan fingerprint density at radius 1 is 1.38 bits per heavy atom. The van der Waals surface area contributed by atoms with Crippen LogP contribution in [-0.4, -0.2) is 5.11 Å². The number of nitrogens with zero attached hydrogens (tertiary/aromatic N) is 1. The van der Waals surface area contributed by atoms with Crippen LogP contribution in [0, 0.1) is 0 Å². The van der Waals surface area contributed by atoms with Crippen LogP contribution < -0.4 is 69.0 Å². The molecule has 0 saturated heterocycles. The van der Waals surface area contributed by atoms with Gasteiger partial charge in [-0.05, 0) is 17.5 Å². The molecule has 1 aromatic heterocycles. The molecular weight excluding hydrogens is 280 g/mol. The fourth-order valence-corrected chi connectivity index (χ4v) is 1.57. The van der Waals surface area contributed by atoms with E-state index < -0.39 is 5.63 Å². The number of aromatic nitrogens is 1. The van der Waals surface area contributed by atoms with Gasteiger partial charge < -0.3 is 14.8 Å². The second-order valence-corrected chi connectivity index (χ2v) is 3.18. The Bertz CT molecular complexity index is 530. The van der Waals surface area contributed by atoms with Crippen LogP contribution >= 0.6 is 0 Å². The SMILES string of the molecule is CCc1ccccc1-c1c(O)[n-]oc1=O.[Rb+]. The minimum absolute atomic E-state index is 0. The van der Waals surface area contributed by atoms with E-state index in [1.54, 1.807) is 12.1 Å². The summed E-state index contributed by atoms with van der Waals surface area (Å²) in [7, 11) is 0. The van der Waals surface area contributed by atoms with Gasteiger partial charge in [-0.2, -0.15) is 0 Å². The van der Waals surface area contributed by atoms with Gasteiger partial charge in [0.15, 0.2) is 0 Å². The number of rotatable bonds is 2. The normalized spacial score (nSPS) is 9.81. The minimum Gasteiger partial charge on any atom is -0.527 e. The summed E-state index contributed by atoms with van der Waals surface area (Å²) in [6.45, 7) is 1.98. The zero-order valence-electron chi connectivity index (χ0n) is 9.23. The molecule has 0 aliphatic heterocycles. The van der Waals surface area contributed by atoms with Gasteiger partial charge in [0.2, 0.25) is 0 Å². The third kappa shape index (κ3) is 2.56. The average Bonchev–Trinajstić information content (AvgIpc) is 2.59. The van der Waals surface area contributed by atoms with Crippen LogP contribution in [0.1, 0.15) is 12.5 Å². The van der Waals surface area contributed by atoms with Crippen LogP contribution in [-0.2, 0) is 6.42 Å². The molecule has 0 bridgehead atoms. The van der Waals surface area contributed by atoms with Crippen LogP contribution in [0.4, 0.5) is 0 Å². The van der Waals surface area contributed by atoms with Gasteiger partial charge in [0.05, 0.1) is 11.4 Å². The van der Waals surface area contributed by atoms with E-state index in [1.807, 2.05) is 19.1 Å². The van der Waals surface area contributed by atoms with Crippen LogP contribution in [0.25, 0.3) is 11.1 Å². The predicted molar refractivity (Wildman–Crippen MR) is 54.8 cm³/mol. The molecule has 0 aliphatic rings. The maximum atomic E-state index is 11.3. The maximum Gasteiger partial charge on any atom is 1.00 e. The summed E-state index contributed by atoms with van der Waals surface area (Å²) in [4.78, 5) is 11.3. The van der Waals surface area contributed by atoms with Crippen molar-refractivity contribution in [2.45, 2.75) is 13.3 Å². The molecule has 1 heterocycles. The second-order valence-electron chi connectivity index (χ2n) is 3.18. The third-order valence-electron chi connectivity index (χ3n) is 2.31. The molecule has 4 nitrogen and oxygen atoms in total. The summed E-state index contributed by atoms with van der Waals surface area (Å²) < 4.78 is 4.39. The number of aryl methyl sites for hydroxylation is 1. The Morgan fingerprint density at radius 2 is 2.06 bits per heavy atom. The molecule has 0 fully saturated rings. The molecule has 0 aliphatic carbocycles. The van der Waals surface area contributed by atoms with Gasteiger partial charge >= 0.3 is 63.8 Å². The Kier molecular flexibility index (Phi) is 5.17. The number of aromatic hydroxyl groups is 1. The molecule has 1 aromatic carbocycles. The molecule has 0 radical (unpaired) electrons. The van der Waals surface area contributed by atoms with Gasteiger partial charge in [-0.1, -0.05) is 31.2 Å². The van der Waals surface area contributed by atoms with E-state index in [9.17, 15) is 9.90 Å². The van der Waals surface area contributed by atoms with E-state index in [1.165, 1.54) is 0 Å². The van der Waals surface area contributed by atoms with Crippen molar-refractivity contribution in [1.82, 2.24) is 5.16 Å². The smallest absolute Gasteiger partial charge is 0.527 e. The first kappa shape index (κ1) is 13.9. The van der Waals surface area contributed by atoms with Crippen molar-refractivity contribution in [2.75, 3.05) is 0 Å². The topological polar surface area (TPSA) is 64.5 Å². The number of hydrogen-bond donors (Lipinski definition) is 1. The second kappa shape index (κ2) is 5.96. The molecule has 16 heavy (non-hydrogen) atoms. The van der Waals surface area contributed by atoms with Crippen molar-refractivity contribution >= 4 is 0 Å². The van der Waals surface area contributed by atoms with Gasteiger partial charge in [0, 0.05) is 0 Å². The van der Waals surface area contributed by atoms with E-state index in [-0.39, 0.29) is 69.6 Å². The summed E-state index contributed by atoms with van der Waals surface area (Å²) in [5.41, 5.74) is 1.21. The largest absolute Gasteiger partial charge is 1.00 e. The Balaban J connectivity index is 0.00000128. The van der Waals surface area contributed by atoms with Crippen molar-refractivity contribution in [2.24, 2.45) is 0 Å². The zero-order chi connectivity index (χ0) is 10.8. The van der Waals surface area contributed by atoms with Crippen LogP contribution in [0.2, 0.25) is 0 Å². The van der Waals surface area contributed by atoms with E-state index in [2.05, 4.69) is 9.68 Å². The Morgan fingerprint density at radius 3 is 2.62 bits per heavy atom. The molecule has 0 amide bonds. The van der Waals surface area contributed by atoms with Gasteiger partial charge in [-0.3, -0.25) is 0 Å². The number of hydrogen-bond acceptors (Lipinski definition) is 3. The van der Waals surface area contributed by atoms with E-state index in [4.69, 9.17) is 0 Å². The first-order chi connectivity index (χ1) is 7.24. The van der Waals surface area contributed by atoms with Crippen molar-refractivity contribution in [3.63, 3.8) is 0 Å². The molecule has 2 rings (SSSR count). The summed E-state index contributed by atoms with van der Waals surface area (Å²) >= 11 is 0. The standard InChI is InChI=1S/C11H11NO3.Rb/c1-2-7-5-3-4-6-8(7)9-10(13)12-15-11(9)14;/h3-6H,2H2,1H3,(H2,12,13,14);/q;+1/p-1. The predicted octanol–water partition coefficient (Wildman–Crippen LogP) is -1.46. The molecule has 5 heteroatoms. The Hall–Kier alpha value is -0.165. The van der Waals surface area contributed by atoms with E-state index >= 15 is 0 Å². The fourth-order valence-electron chi connectivity index (χ4n) is 1.57. The van der Waals surface area contributed by atoms with Crippen LogP contribution in [0.15, 0.2) is 33.6 Å². The minimum atomic E-state index is -0.603. The van der Waals surface area contributed by atoms with Crippen molar-refractivity contribution in [1.29, 1.82) is 0 Å². The first-order valence-corrected chi connectivity index (χ1v) is 4.68. The van der Waals surface area contributed by atoms with Gasteiger partial charge in [0.25, 0.3) is 0 Å². The molecule has 2 aromatic rings. The van der Waals surface area contributed by atoms with Gasteiger partial charge in [-0.25, -0.2) is 4.79 Å². The quantitative estimate of drug-likeness (QED) is 0.734. The van der Waals surface area contributed by atoms with E-state index in [0.717, 1.165) is 12.0 Å². The molecular formula is C11H10NO3Rb. The molecule has 0 saturated carbocycles. The summed E-state index contributed by atoms with van der Waals surface area (Å²) in [5.74, 6) is -0.346. The van der Waals surface area contributed by atoms with Crippen LogP contribution in [0.3, 0.4) is 0 Å². The average molecular weight is 290 g/mol. The first-order valence-electron chi connectivity index (χ1n) is 4.68. The molecule has 78 valence electrons. The molecule has 0 atom stereocenters. The monoisotopic (exact) mass is 289 g/mol. The molecule has 0 unspecified atom stereocenters. The Labute approximate surface area is 141 Å². The van der Waals surface area contributed by atoms with Crippen LogP contribution in [0.5, 0.6) is 5.88 Å². The molecule has 0 spiro atoms. The van der Waals surface area contributed by atoms with Gasteiger partial charge in [-0.15, -0.1) is 0 Å². The van der Waals surface area contributed by atoms with E-state index in [0.29, 0.717) is 5.56 Å². The van der Waals surface area contributed by atoms with Gasteiger partial charge in [0.1, 0.15) is 0 Å². The summed E-state index contributed by atoms with van der Waals surface area (Å²) in [6.07, 6.45) is 0.778. The molecule has 1 N–H and O–H groups in total. The summed E-state index contributed by atoms with van der Waals surface area (Å²) in [6, 6.07) is 7.37. The number of benzene rings is 1. The van der Waals surface area contributed by atoms with Crippen molar-refractivity contribution < 1.29 is 67.8 Å². The maximum absolute atomic E-state index is 11.3. The third-order valence-corrected chi connectivity index (χ3v) is 2.31. The van der Waals surface area contributed by atoms with Crippen molar-refractivity contribution in [3.05, 3.63) is 40.2 Å².